The molecule has 0 unspecified atom stereocenters. The predicted molar refractivity (Wildman–Crippen MR) is 159 cm³/mol. The fraction of sp³-hybridized carbons (Fsp3) is 0.276. The summed E-state index contributed by atoms with van der Waals surface area (Å²) in [6, 6.07) is 16.9. The summed E-state index contributed by atoms with van der Waals surface area (Å²) in [7, 11) is 1.57. The number of fused-ring (bicyclic) bond motifs is 1. The summed E-state index contributed by atoms with van der Waals surface area (Å²) in [5.41, 5.74) is 2.06. The number of hydrogen-bond acceptors (Lipinski definition) is 5. The molecule has 0 N–H and O–H groups in total. The largest absolute Gasteiger partial charge is 0.493 e. The summed E-state index contributed by atoms with van der Waals surface area (Å²) < 4.78 is 15.0. The van der Waals surface area contributed by atoms with E-state index in [1.807, 2.05) is 36.4 Å². The molecular weight excluding hydrogens is 634 g/mol. The molecule has 1 aliphatic rings. The smallest absolute Gasteiger partial charge is 0.282 e. The molecule has 196 valence electrons. The SMILES string of the molecule is COc1cc(Cl)cc(C=Nn2c(C3CCCCC3)nc3ccc(Br)cc3c2=O)c1OCc1ccc(Br)cc1. The first-order valence-electron chi connectivity index (χ1n) is 12.4. The summed E-state index contributed by atoms with van der Waals surface area (Å²) in [6.07, 6.45) is 6.99. The van der Waals surface area contributed by atoms with Crippen molar-refractivity contribution in [3.05, 3.63) is 95.9 Å². The van der Waals surface area contributed by atoms with Crippen molar-refractivity contribution in [3.8, 4) is 11.5 Å². The molecule has 6 nitrogen and oxygen atoms in total. The zero-order chi connectivity index (χ0) is 26.6. The van der Waals surface area contributed by atoms with Crippen LogP contribution in [0.4, 0.5) is 0 Å². The topological polar surface area (TPSA) is 65.7 Å². The van der Waals surface area contributed by atoms with Gasteiger partial charge in [0, 0.05) is 31.5 Å². The standard InChI is InChI=1S/C29H26Br2ClN3O3/c1-37-26-15-23(32)13-20(27(26)38-17-18-7-9-21(30)10-8-18)16-33-35-28(19-5-3-2-4-6-19)34-25-12-11-22(31)14-24(25)29(35)36/h7-16,19H,2-6,17H2,1H3. The van der Waals surface area contributed by atoms with Gasteiger partial charge in [-0.05, 0) is 54.8 Å². The van der Waals surface area contributed by atoms with E-state index < -0.39 is 0 Å². The highest BCUT2D eigenvalue weighted by molar-refractivity contribution is 9.10. The van der Waals surface area contributed by atoms with E-state index in [1.165, 1.54) is 11.1 Å². The van der Waals surface area contributed by atoms with Gasteiger partial charge in [-0.1, -0.05) is 74.9 Å². The molecule has 1 heterocycles. The van der Waals surface area contributed by atoms with Crippen molar-refractivity contribution in [1.82, 2.24) is 9.66 Å². The molecule has 9 heteroatoms. The molecule has 0 atom stereocenters. The molecule has 4 aromatic rings. The second-order valence-electron chi connectivity index (χ2n) is 9.27. The number of benzene rings is 3. The van der Waals surface area contributed by atoms with E-state index in [-0.39, 0.29) is 11.5 Å². The highest BCUT2D eigenvalue weighted by atomic mass is 79.9. The number of halogens is 3. The molecule has 38 heavy (non-hydrogen) atoms. The van der Waals surface area contributed by atoms with E-state index in [4.69, 9.17) is 26.1 Å². The molecular formula is C29H26Br2ClN3O3. The minimum absolute atomic E-state index is 0.170. The van der Waals surface area contributed by atoms with Gasteiger partial charge in [0.1, 0.15) is 12.4 Å². The molecule has 1 fully saturated rings. The Balaban J connectivity index is 1.58. The number of rotatable bonds is 7. The van der Waals surface area contributed by atoms with Crippen molar-refractivity contribution in [1.29, 1.82) is 0 Å². The number of nitrogens with zero attached hydrogens (tertiary/aromatic N) is 3. The summed E-state index contributed by atoms with van der Waals surface area (Å²) in [4.78, 5) is 18.6. The summed E-state index contributed by atoms with van der Waals surface area (Å²) in [5.74, 6) is 1.83. The molecule has 0 spiro atoms. The van der Waals surface area contributed by atoms with Crippen molar-refractivity contribution < 1.29 is 9.47 Å². The van der Waals surface area contributed by atoms with Crippen LogP contribution in [0.2, 0.25) is 5.02 Å². The van der Waals surface area contributed by atoms with Gasteiger partial charge in [-0.2, -0.15) is 9.78 Å². The predicted octanol–water partition coefficient (Wildman–Crippen LogP) is 8.09. The number of aromatic nitrogens is 2. The molecule has 0 aliphatic heterocycles. The van der Waals surface area contributed by atoms with Crippen LogP contribution < -0.4 is 15.0 Å². The van der Waals surface area contributed by atoms with E-state index >= 15 is 0 Å². The molecule has 0 bridgehead atoms. The Bertz CT molecular complexity index is 1550. The van der Waals surface area contributed by atoms with Crippen LogP contribution in [0.5, 0.6) is 11.5 Å². The molecule has 1 saturated carbocycles. The lowest BCUT2D eigenvalue weighted by Crippen LogP contribution is -2.25. The highest BCUT2D eigenvalue weighted by Gasteiger charge is 2.23. The maximum absolute atomic E-state index is 13.7. The minimum atomic E-state index is -0.209. The van der Waals surface area contributed by atoms with Crippen LogP contribution in [0.25, 0.3) is 10.9 Å². The quantitative estimate of drug-likeness (QED) is 0.188. The van der Waals surface area contributed by atoms with Gasteiger partial charge < -0.3 is 9.47 Å². The fourth-order valence-electron chi connectivity index (χ4n) is 4.75. The lowest BCUT2D eigenvalue weighted by Gasteiger charge is -2.23. The first kappa shape index (κ1) is 26.9. The van der Waals surface area contributed by atoms with E-state index in [2.05, 4.69) is 37.0 Å². The van der Waals surface area contributed by atoms with E-state index in [0.717, 1.165) is 40.2 Å². The van der Waals surface area contributed by atoms with Crippen LogP contribution in [0.3, 0.4) is 0 Å². The fourth-order valence-corrected chi connectivity index (χ4v) is 5.59. The summed E-state index contributed by atoms with van der Waals surface area (Å²) in [6.45, 7) is 0.324. The molecule has 0 amide bonds. The molecule has 3 aromatic carbocycles. The van der Waals surface area contributed by atoms with Crippen LogP contribution >= 0.6 is 43.5 Å². The Morgan fingerprint density at radius 1 is 1.05 bits per heavy atom. The minimum Gasteiger partial charge on any atom is -0.493 e. The van der Waals surface area contributed by atoms with Crippen molar-refractivity contribution in [3.63, 3.8) is 0 Å². The zero-order valence-corrected chi connectivity index (χ0v) is 24.7. The molecule has 1 aliphatic carbocycles. The Kier molecular flexibility index (Phi) is 8.51. The van der Waals surface area contributed by atoms with Gasteiger partial charge in [-0.25, -0.2) is 4.98 Å². The van der Waals surface area contributed by atoms with Gasteiger partial charge in [-0.15, -0.1) is 0 Å². The molecule has 0 saturated heterocycles. The van der Waals surface area contributed by atoms with Gasteiger partial charge in [0.15, 0.2) is 11.5 Å². The number of methoxy groups -OCH3 is 1. The lowest BCUT2D eigenvalue weighted by atomic mass is 9.88. The Labute approximate surface area is 242 Å². The van der Waals surface area contributed by atoms with Crippen LogP contribution in [0.1, 0.15) is 55.0 Å². The average molecular weight is 660 g/mol. The van der Waals surface area contributed by atoms with Crippen molar-refractivity contribution in [2.45, 2.75) is 44.6 Å². The van der Waals surface area contributed by atoms with Crippen molar-refractivity contribution >= 4 is 60.6 Å². The Morgan fingerprint density at radius 2 is 1.79 bits per heavy atom. The van der Waals surface area contributed by atoms with Crippen molar-refractivity contribution in [2.24, 2.45) is 5.10 Å². The first-order valence-corrected chi connectivity index (χ1v) is 14.4. The maximum atomic E-state index is 13.7. The van der Waals surface area contributed by atoms with E-state index in [1.54, 1.807) is 31.5 Å². The zero-order valence-electron chi connectivity index (χ0n) is 20.8. The van der Waals surface area contributed by atoms with Gasteiger partial charge in [0.2, 0.25) is 0 Å². The van der Waals surface area contributed by atoms with Gasteiger partial charge in [0.05, 0.1) is 24.2 Å². The number of hydrogen-bond donors (Lipinski definition) is 0. The Morgan fingerprint density at radius 3 is 2.53 bits per heavy atom. The molecule has 0 radical (unpaired) electrons. The normalized spacial score (nSPS) is 14.3. The highest BCUT2D eigenvalue weighted by Crippen LogP contribution is 2.35. The number of ether oxygens (including phenoxy) is 2. The van der Waals surface area contributed by atoms with Gasteiger partial charge in [-0.3, -0.25) is 4.79 Å². The van der Waals surface area contributed by atoms with Crippen LogP contribution in [0.15, 0.2) is 73.4 Å². The average Bonchev–Trinajstić information content (AvgIpc) is 2.93. The van der Waals surface area contributed by atoms with Gasteiger partial charge in [0.25, 0.3) is 5.56 Å². The summed E-state index contributed by atoms with van der Waals surface area (Å²) in [5, 5.41) is 5.65. The third-order valence-electron chi connectivity index (χ3n) is 6.68. The Hall–Kier alpha value is -2.68. The second kappa shape index (κ2) is 12.0. The van der Waals surface area contributed by atoms with Crippen LogP contribution in [-0.2, 0) is 6.61 Å². The van der Waals surface area contributed by atoms with Gasteiger partial charge >= 0.3 is 0 Å². The molecule has 5 rings (SSSR count). The summed E-state index contributed by atoms with van der Waals surface area (Å²) >= 11 is 13.3. The molecule has 1 aromatic heterocycles. The second-order valence-corrected chi connectivity index (χ2v) is 11.5. The lowest BCUT2D eigenvalue weighted by molar-refractivity contribution is 0.284. The third-order valence-corrected chi connectivity index (χ3v) is 7.92. The maximum Gasteiger partial charge on any atom is 0.282 e. The monoisotopic (exact) mass is 657 g/mol. The van der Waals surface area contributed by atoms with E-state index in [9.17, 15) is 4.79 Å². The van der Waals surface area contributed by atoms with E-state index in [0.29, 0.717) is 45.4 Å². The first-order chi connectivity index (χ1) is 18.4. The third kappa shape index (κ3) is 5.98. The van der Waals surface area contributed by atoms with Crippen LogP contribution in [0, 0.1) is 0 Å². The van der Waals surface area contributed by atoms with Crippen LogP contribution in [-0.4, -0.2) is 23.0 Å². The van der Waals surface area contributed by atoms with Crippen molar-refractivity contribution in [2.75, 3.05) is 7.11 Å².